The number of hydrogen-bond acceptors (Lipinski definition) is 2. The lowest BCUT2D eigenvalue weighted by Gasteiger charge is -2.03. The fraction of sp³-hybridized carbons (Fsp3) is 0.154. The van der Waals surface area contributed by atoms with Gasteiger partial charge >= 0.3 is 0 Å². The van der Waals surface area contributed by atoms with Gasteiger partial charge in [-0.1, -0.05) is 23.8 Å². The van der Waals surface area contributed by atoms with E-state index in [1.807, 2.05) is 32.0 Å². The normalized spacial score (nSPS) is 10.4. The molecule has 0 fully saturated rings. The number of hydrogen-bond donors (Lipinski definition) is 0. The quantitative estimate of drug-likeness (QED) is 0.741. The molecule has 0 radical (unpaired) electrons. The van der Waals surface area contributed by atoms with Crippen molar-refractivity contribution >= 4 is 17.4 Å². The Hall–Kier alpha value is -1.54. The molecule has 0 aliphatic rings. The molecule has 1 aromatic heterocycles. The van der Waals surface area contributed by atoms with Crippen molar-refractivity contribution in [3.63, 3.8) is 0 Å². The van der Waals surface area contributed by atoms with E-state index >= 15 is 0 Å². The van der Waals surface area contributed by atoms with Crippen molar-refractivity contribution in [2.75, 3.05) is 0 Å². The molecule has 1 aromatic carbocycles. The lowest BCUT2D eigenvalue weighted by Crippen LogP contribution is -2.02. The van der Waals surface area contributed by atoms with E-state index in [0.717, 1.165) is 11.1 Å². The molecule has 2 aromatic rings. The molecule has 0 aliphatic carbocycles. The van der Waals surface area contributed by atoms with Gasteiger partial charge in [-0.15, -0.1) is 0 Å². The van der Waals surface area contributed by atoms with Crippen molar-refractivity contribution in [3.8, 4) is 0 Å². The summed E-state index contributed by atoms with van der Waals surface area (Å²) in [4.78, 5) is 12.0. The van der Waals surface area contributed by atoms with Crippen LogP contribution in [0.3, 0.4) is 0 Å². The van der Waals surface area contributed by atoms with Crippen LogP contribution in [0.25, 0.3) is 0 Å². The van der Waals surface area contributed by atoms with Gasteiger partial charge < -0.3 is 4.42 Å². The van der Waals surface area contributed by atoms with E-state index in [2.05, 4.69) is 0 Å². The summed E-state index contributed by atoms with van der Waals surface area (Å²) in [5.41, 5.74) is 2.72. The molecular formula is C13H11ClO2. The third kappa shape index (κ3) is 2.02. The van der Waals surface area contributed by atoms with Gasteiger partial charge in [-0.2, -0.15) is 0 Å². The molecule has 0 N–H and O–H groups in total. The maximum atomic E-state index is 12.0. The summed E-state index contributed by atoms with van der Waals surface area (Å²) in [6, 6.07) is 8.84. The van der Waals surface area contributed by atoms with Crippen LogP contribution >= 0.6 is 11.6 Å². The van der Waals surface area contributed by atoms with Gasteiger partial charge in [0.25, 0.3) is 0 Å². The summed E-state index contributed by atoms with van der Waals surface area (Å²) in [7, 11) is 0. The van der Waals surface area contributed by atoms with Crippen LogP contribution in [0.5, 0.6) is 0 Å². The number of furan rings is 1. The number of ketones is 1. The van der Waals surface area contributed by atoms with Gasteiger partial charge in [-0.25, -0.2) is 0 Å². The second-order valence-electron chi connectivity index (χ2n) is 3.75. The third-order valence-corrected chi connectivity index (χ3v) is 2.63. The molecule has 0 atom stereocenters. The number of aryl methyl sites for hydroxylation is 2. The van der Waals surface area contributed by atoms with Crippen molar-refractivity contribution in [2.45, 2.75) is 13.8 Å². The number of halogens is 1. The van der Waals surface area contributed by atoms with Crippen LogP contribution < -0.4 is 0 Å². The Morgan fingerprint density at radius 1 is 1.19 bits per heavy atom. The van der Waals surface area contributed by atoms with E-state index in [4.69, 9.17) is 16.0 Å². The highest BCUT2D eigenvalue weighted by Gasteiger charge is 2.15. The Labute approximate surface area is 98.8 Å². The minimum Gasteiger partial charge on any atom is -0.441 e. The first-order valence-electron chi connectivity index (χ1n) is 4.95. The summed E-state index contributed by atoms with van der Waals surface area (Å²) in [6.07, 6.45) is 0. The van der Waals surface area contributed by atoms with Crippen LogP contribution in [0, 0.1) is 13.8 Å². The Kier molecular flexibility index (Phi) is 2.84. The molecule has 0 amide bonds. The average molecular weight is 235 g/mol. The molecule has 2 nitrogen and oxygen atoms in total. The largest absolute Gasteiger partial charge is 0.441 e. The minimum atomic E-state index is -0.135. The fourth-order valence-corrected chi connectivity index (χ4v) is 1.78. The van der Waals surface area contributed by atoms with Crippen LogP contribution in [-0.4, -0.2) is 5.78 Å². The van der Waals surface area contributed by atoms with Crippen molar-refractivity contribution in [1.82, 2.24) is 0 Å². The summed E-state index contributed by atoms with van der Waals surface area (Å²) >= 11 is 5.64. The standard InChI is InChI=1S/C13H11ClO2/c1-8-3-4-10(9(2)7-8)13(15)11-5-6-12(14)16-11/h3-7H,1-2H3. The first kappa shape index (κ1) is 11.0. The molecule has 2 rings (SSSR count). The molecule has 0 spiro atoms. The molecular weight excluding hydrogens is 224 g/mol. The topological polar surface area (TPSA) is 30.2 Å². The second-order valence-corrected chi connectivity index (χ2v) is 4.12. The Bertz CT molecular complexity index is 541. The van der Waals surface area contributed by atoms with Crippen molar-refractivity contribution in [2.24, 2.45) is 0 Å². The highest BCUT2D eigenvalue weighted by Crippen LogP contribution is 2.19. The molecule has 0 bridgehead atoms. The van der Waals surface area contributed by atoms with Gasteiger partial charge in [0.15, 0.2) is 11.0 Å². The van der Waals surface area contributed by atoms with Crippen molar-refractivity contribution in [3.05, 3.63) is 58.0 Å². The predicted molar refractivity (Wildman–Crippen MR) is 63.1 cm³/mol. The van der Waals surface area contributed by atoms with Gasteiger partial charge in [0.2, 0.25) is 5.78 Å². The monoisotopic (exact) mass is 234 g/mol. The summed E-state index contributed by atoms with van der Waals surface area (Å²) in [6.45, 7) is 3.90. The second kappa shape index (κ2) is 4.14. The average Bonchev–Trinajstić information content (AvgIpc) is 2.64. The number of rotatable bonds is 2. The van der Waals surface area contributed by atoms with E-state index < -0.39 is 0 Å². The van der Waals surface area contributed by atoms with Crippen molar-refractivity contribution in [1.29, 1.82) is 0 Å². The van der Waals surface area contributed by atoms with Crippen LogP contribution in [0.4, 0.5) is 0 Å². The molecule has 0 saturated carbocycles. The third-order valence-electron chi connectivity index (χ3n) is 2.42. The zero-order valence-electron chi connectivity index (χ0n) is 9.08. The number of benzene rings is 1. The Morgan fingerprint density at radius 2 is 1.94 bits per heavy atom. The fourth-order valence-electron chi connectivity index (χ4n) is 1.64. The van der Waals surface area contributed by atoms with E-state index in [9.17, 15) is 4.79 Å². The highest BCUT2D eigenvalue weighted by molar-refractivity contribution is 6.29. The van der Waals surface area contributed by atoms with Gasteiger partial charge in [0, 0.05) is 5.56 Å². The minimum absolute atomic E-state index is 0.135. The van der Waals surface area contributed by atoms with E-state index in [0.29, 0.717) is 5.56 Å². The van der Waals surface area contributed by atoms with Gasteiger partial charge in [-0.05, 0) is 43.1 Å². The lowest BCUT2D eigenvalue weighted by atomic mass is 10.0. The Morgan fingerprint density at radius 3 is 2.50 bits per heavy atom. The SMILES string of the molecule is Cc1ccc(C(=O)c2ccc(Cl)o2)c(C)c1. The molecule has 3 heteroatoms. The first-order valence-corrected chi connectivity index (χ1v) is 5.33. The van der Waals surface area contributed by atoms with Crippen LogP contribution in [0.2, 0.25) is 5.22 Å². The maximum Gasteiger partial charge on any atom is 0.228 e. The Balaban J connectivity index is 2.41. The van der Waals surface area contributed by atoms with Crippen LogP contribution in [-0.2, 0) is 0 Å². The molecule has 0 aliphatic heterocycles. The molecule has 1 heterocycles. The number of carbonyl (C=O) groups excluding carboxylic acids is 1. The van der Waals surface area contributed by atoms with E-state index in [1.165, 1.54) is 0 Å². The number of carbonyl (C=O) groups is 1. The predicted octanol–water partition coefficient (Wildman–Crippen LogP) is 3.78. The van der Waals surface area contributed by atoms with E-state index in [-0.39, 0.29) is 16.8 Å². The first-order chi connectivity index (χ1) is 7.58. The summed E-state index contributed by atoms with van der Waals surface area (Å²) in [5.74, 6) is 0.140. The smallest absolute Gasteiger partial charge is 0.228 e. The van der Waals surface area contributed by atoms with Gasteiger partial charge in [-0.3, -0.25) is 4.79 Å². The highest BCUT2D eigenvalue weighted by atomic mass is 35.5. The lowest BCUT2D eigenvalue weighted by molar-refractivity contribution is 0.101. The zero-order valence-corrected chi connectivity index (χ0v) is 9.84. The summed E-state index contributed by atoms with van der Waals surface area (Å²) in [5, 5.41) is 0.230. The van der Waals surface area contributed by atoms with Crippen LogP contribution in [0.1, 0.15) is 27.2 Å². The zero-order chi connectivity index (χ0) is 11.7. The molecule has 0 unspecified atom stereocenters. The molecule has 82 valence electrons. The maximum absolute atomic E-state index is 12.0. The van der Waals surface area contributed by atoms with Crippen molar-refractivity contribution < 1.29 is 9.21 Å². The van der Waals surface area contributed by atoms with Crippen LogP contribution in [0.15, 0.2) is 34.7 Å². The molecule has 0 saturated heterocycles. The molecule has 16 heavy (non-hydrogen) atoms. The van der Waals surface area contributed by atoms with Gasteiger partial charge in [0.1, 0.15) is 0 Å². The van der Waals surface area contributed by atoms with E-state index in [1.54, 1.807) is 12.1 Å². The summed E-state index contributed by atoms with van der Waals surface area (Å²) < 4.78 is 5.10. The van der Waals surface area contributed by atoms with Gasteiger partial charge in [0.05, 0.1) is 0 Å².